The maximum atomic E-state index is 12.3. The van der Waals surface area contributed by atoms with Crippen LogP contribution in [0.25, 0.3) is 0 Å². The molecule has 5 nitrogen and oxygen atoms in total. The number of rotatable bonds is 3. The third-order valence-electron chi connectivity index (χ3n) is 4.27. The van der Waals surface area contributed by atoms with Gasteiger partial charge in [-0.1, -0.05) is 20.8 Å². The zero-order chi connectivity index (χ0) is 15.6. The molecule has 1 saturated heterocycles. The van der Waals surface area contributed by atoms with Crippen molar-refractivity contribution in [2.45, 2.75) is 60.0 Å². The summed E-state index contributed by atoms with van der Waals surface area (Å²) in [7, 11) is 0. The molecule has 0 aliphatic carbocycles. The van der Waals surface area contributed by atoms with Crippen molar-refractivity contribution >= 4 is 5.91 Å². The van der Waals surface area contributed by atoms with E-state index in [-0.39, 0.29) is 11.3 Å². The van der Waals surface area contributed by atoms with Gasteiger partial charge in [0.2, 0.25) is 5.91 Å². The van der Waals surface area contributed by atoms with Crippen LogP contribution in [0.4, 0.5) is 0 Å². The average Bonchev–Trinajstić information content (AvgIpc) is 2.75. The molecule has 1 fully saturated rings. The molecule has 0 bridgehead atoms. The van der Waals surface area contributed by atoms with Gasteiger partial charge in [0.15, 0.2) is 0 Å². The molecule has 118 valence electrons. The van der Waals surface area contributed by atoms with Crippen molar-refractivity contribution in [3.05, 3.63) is 17.0 Å². The van der Waals surface area contributed by atoms with Crippen LogP contribution in [0.15, 0.2) is 0 Å². The summed E-state index contributed by atoms with van der Waals surface area (Å²) >= 11 is 0. The number of H-pyrrole nitrogens is 1. The highest BCUT2D eigenvalue weighted by atomic mass is 16.2. The summed E-state index contributed by atoms with van der Waals surface area (Å²) in [5.41, 5.74) is 3.20. The fourth-order valence-electron chi connectivity index (χ4n) is 2.84. The van der Waals surface area contributed by atoms with E-state index in [0.717, 1.165) is 43.9 Å². The predicted molar refractivity (Wildman–Crippen MR) is 84.0 cm³/mol. The zero-order valence-electron chi connectivity index (χ0n) is 13.9. The Morgan fingerprint density at radius 1 is 1.33 bits per heavy atom. The van der Waals surface area contributed by atoms with Crippen LogP contribution in [0.3, 0.4) is 0 Å². The number of carbonyl (C=O) groups is 1. The Labute approximate surface area is 127 Å². The summed E-state index contributed by atoms with van der Waals surface area (Å²) in [6.07, 6.45) is 2.05. The number of likely N-dealkylation sites (tertiary alicyclic amines) is 1. The number of aryl methyl sites for hydroxylation is 2. The molecule has 2 N–H and O–H groups in total. The van der Waals surface area contributed by atoms with Crippen molar-refractivity contribution in [2.75, 3.05) is 13.1 Å². The van der Waals surface area contributed by atoms with E-state index in [4.69, 9.17) is 0 Å². The summed E-state index contributed by atoms with van der Waals surface area (Å²) < 4.78 is 0. The minimum atomic E-state index is -0.273. The van der Waals surface area contributed by atoms with Crippen LogP contribution in [0.5, 0.6) is 0 Å². The molecule has 0 saturated carbocycles. The predicted octanol–water partition coefficient (Wildman–Crippen LogP) is 2.15. The second-order valence-electron chi connectivity index (χ2n) is 7.11. The van der Waals surface area contributed by atoms with Gasteiger partial charge in [-0.3, -0.25) is 9.89 Å². The SMILES string of the molecule is Cc1n[nH]c(C)c1CNC1CCN(C(=O)C(C)(C)C)CC1. The first-order valence-electron chi connectivity index (χ1n) is 7.82. The topological polar surface area (TPSA) is 61.0 Å². The van der Waals surface area contributed by atoms with Crippen molar-refractivity contribution in [1.29, 1.82) is 0 Å². The quantitative estimate of drug-likeness (QED) is 0.897. The lowest BCUT2D eigenvalue weighted by Crippen LogP contribution is -2.48. The smallest absolute Gasteiger partial charge is 0.227 e. The Bertz CT molecular complexity index is 473. The molecule has 0 unspecified atom stereocenters. The molecule has 5 heteroatoms. The highest BCUT2D eigenvalue weighted by molar-refractivity contribution is 5.81. The first kappa shape index (κ1) is 16.0. The van der Waals surface area contributed by atoms with Gasteiger partial charge < -0.3 is 10.2 Å². The minimum Gasteiger partial charge on any atom is -0.342 e. The second-order valence-corrected chi connectivity index (χ2v) is 7.11. The van der Waals surface area contributed by atoms with Gasteiger partial charge in [0, 0.05) is 42.3 Å². The van der Waals surface area contributed by atoms with Gasteiger partial charge in [-0.15, -0.1) is 0 Å². The van der Waals surface area contributed by atoms with Crippen LogP contribution < -0.4 is 5.32 Å². The average molecular weight is 292 g/mol. The number of amides is 1. The standard InChI is InChI=1S/C16H28N4O/c1-11-14(12(2)19-18-11)10-17-13-6-8-20(9-7-13)15(21)16(3,4)5/h13,17H,6-10H2,1-5H3,(H,18,19). The number of piperidine rings is 1. The Balaban J connectivity index is 1.81. The van der Waals surface area contributed by atoms with Crippen molar-refractivity contribution in [3.8, 4) is 0 Å². The lowest BCUT2D eigenvalue weighted by atomic mass is 9.93. The number of hydrogen-bond acceptors (Lipinski definition) is 3. The van der Waals surface area contributed by atoms with Crippen LogP contribution in [0.1, 0.15) is 50.6 Å². The van der Waals surface area contributed by atoms with Crippen LogP contribution in [-0.4, -0.2) is 40.1 Å². The molecule has 0 atom stereocenters. The third kappa shape index (κ3) is 3.84. The molecule has 1 aliphatic rings. The number of aromatic nitrogens is 2. The second kappa shape index (κ2) is 6.18. The van der Waals surface area contributed by atoms with Gasteiger partial charge in [0.05, 0.1) is 5.69 Å². The molecule has 0 aromatic carbocycles. The molecule has 2 heterocycles. The lowest BCUT2D eigenvalue weighted by Gasteiger charge is -2.36. The Morgan fingerprint density at radius 2 is 1.95 bits per heavy atom. The van der Waals surface area contributed by atoms with Crippen molar-refractivity contribution in [1.82, 2.24) is 20.4 Å². The Morgan fingerprint density at radius 3 is 2.43 bits per heavy atom. The molecule has 21 heavy (non-hydrogen) atoms. The summed E-state index contributed by atoms with van der Waals surface area (Å²) in [6, 6.07) is 0.489. The third-order valence-corrected chi connectivity index (χ3v) is 4.27. The highest BCUT2D eigenvalue weighted by Crippen LogP contribution is 2.21. The van der Waals surface area contributed by atoms with Crippen LogP contribution in [-0.2, 0) is 11.3 Å². The fraction of sp³-hybridized carbons (Fsp3) is 0.750. The van der Waals surface area contributed by atoms with E-state index in [0.29, 0.717) is 6.04 Å². The molecular formula is C16H28N4O. The first-order valence-corrected chi connectivity index (χ1v) is 7.82. The van der Waals surface area contributed by atoms with Crippen molar-refractivity contribution in [3.63, 3.8) is 0 Å². The van der Waals surface area contributed by atoms with Crippen LogP contribution >= 0.6 is 0 Å². The molecular weight excluding hydrogens is 264 g/mol. The van der Waals surface area contributed by atoms with Gasteiger partial charge in [0.25, 0.3) is 0 Å². The van der Waals surface area contributed by atoms with Gasteiger partial charge in [0.1, 0.15) is 0 Å². The minimum absolute atomic E-state index is 0.266. The summed E-state index contributed by atoms with van der Waals surface area (Å²) in [4.78, 5) is 14.3. The van der Waals surface area contributed by atoms with Crippen molar-refractivity contribution in [2.24, 2.45) is 5.41 Å². The van der Waals surface area contributed by atoms with Gasteiger partial charge in [-0.25, -0.2) is 0 Å². The molecule has 1 aromatic rings. The van der Waals surface area contributed by atoms with E-state index in [1.807, 2.05) is 32.6 Å². The summed E-state index contributed by atoms with van der Waals surface area (Å²) in [6.45, 7) is 12.6. The Hall–Kier alpha value is -1.36. The fourth-order valence-corrected chi connectivity index (χ4v) is 2.84. The van der Waals surface area contributed by atoms with E-state index in [9.17, 15) is 4.79 Å². The molecule has 0 spiro atoms. The van der Waals surface area contributed by atoms with E-state index < -0.39 is 0 Å². The van der Waals surface area contributed by atoms with Gasteiger partial charge >= 0.3 is 0 Å². The monoisotopic (exact) mass is 292 g/mol. The summed E-state index contributed by atoms with van der Waals surface area (Å²) in [5, 5.41) is 10.9. The van der Waals surface area contributed by atoms with E-state index >= 15 is 0 Å². The molecule has 1 aliphatic heterocycles. The lowest BCUT2D eigenvalue weighted by molar-refractivity contribution is -0.140. The number of nitrogens with one attached hydrogen (secondary N) is 2. The van der Waals surface area contributed by atoms with Crippen molar-refractivity contribution < 1.29 is 4.79 Å². The first-order chi connectivity index (χ1) is 9.79. The molecule has 1 amide bonds. The zero-order valence-corrected chi connectivity index (χ0v) is 13.9. The molecule has 1 aromatic heterocycles. The molecule has 0 radical (unpaired) electrons. The highest BCUT2D eigenvalue weighted by Gasteiger charge is 2.30. The van der Waals surface area contributed by atoms with Crippen LogP contribution in [0, 0.1) is 19.3 Å². The maximum Gasteiger partial charge on any atom is 0.227 e. The van der Waals surface area contributed by atoms with Crippen LogP contribution in [0.2, 0.25) is 0 Å². The normalized spacial score (nSPS) is 17.3. The van der Waals surface area contributed by atoms with E-state index in [2.05, 4.69) is 22.4 Å². The Kier molecular flexibility index (Phi) is 4.71. The largest absolute Gasteiger partial charge is 0.342 e. The van der Waals surface area contributed by atoms with E-state index in [1.165, 1.54) is 5.56 Å². The van der Waals surface area contributed by atoms with E-state index in [1.54, 1.807) is 0 Å². The number of carbonyl (C=O) groups excluding carboxylic acids is 1. The maximum absolute atomic E-state index is 12.3. The number of hydrogen-bond donors (Lipinski definition) is 2. The number of aromatic amines is 1. The van der Waals surface area contributed by atoms with Gasteiger partial charge in [-0.05, 0) is 26.7 Å². The summed E-state index contributed by atoms with van der Waals surface area (Å²) in [5.74, 6) is 0.266. The van der Waals surface area contributed by atoms with Gasteiger partial charge in [-0.2, -0.15) is 5.10 Å². The number of nitrogens with zero attached hydrogens (tertiary/aromatic N) is 2. The molecule has 2 rings (SSSR count).